The van der Waals surface area contributed by atoms with Crippen LogP contribution in [0.3, 0.4) is 0 Å². The monoisotopic (exact) mass is 581 g/mol. The van der Waals surface area contributed by atoms with Gasteiger partial charge in [0, 0.05) is 5.56 Å². The molecule has 1 heterocycles. The van der Waals surface area contributed by atoms with Crippen molar-refractivity contribution in [2.45, 2.75) is 21.7 Å². The van der Waals surface area contributed by atoms with Crippen molar-refractivity contribution in [1.29, 1.82) is 0 Å². The average molecular weight is 583 g/mol. The van der Waals surface area contributed by atoms with Crippen LogP contribution >= 0.6 is 34.8 Å². The highest BCUT2D eigenvalue weighted by Crippen LogP contribution is 2.34. The molecule has 1 aromatic heterocycles. The molecule has 194 valence electrons. The molecule has 1 unspecified atom stereocenters. The van der Waals surface area contributed by atoms with E-state index in [4.69, 9.17) is 39.4 Å². The van der Waals surface area contributed by atoms with Gasteiger partial charge in [-0.15, -0.1) is 0 Å². The summed E-state index contributed by atoms with van der Waals surface area (Å²) < 4.78 is 28.0. The molecule has 1 atom stereocenters. The third-order valence-electron chi connectivity index (χ3n) is 4.49. The smallest absolute Gasteiger partial charge is 0.294 e. The number of ketones is 1. The summed E-state index contributed by atoms with van der Waals surface area (Å²) in [6, 6.07) is 23.7. The predicted molar refractivity (Wildman–Crippen MR) is 142 cm³/mol. The summed E-state index contributed by atoms with van der Waals surface area (Å²) in [5, 5.41) is 9.89. The molecule has 0 spiro atoms. The van der Waals surface area contributed by atoms with Crippen LogP contribution in [0.15, 0.2) is 102 Å². The first-order valence-corrected chi connectivity index (χ1v) is 13.0. The Bertz CT molecular complexity index is 1360. The van der Waals surface area contributed by atoms with Crippen LogP contribution in [0.4, 0.5) is 0 Å². The number of rotatable bonds is 4. The molecule has 8 nitrogen and oxygen atoms in total. The molecule has 0 saturated carbocycles. The first-order chi connectivity index (χ1) is 17.4. The molecule has 0 radical (unpaired) electrons. The first-order valence-electron chi connectivity index (χ1n) is 10.4. The van der Waals surface area contributed by atoms with E-state index in [-0.39, 0.29) is 16.5 Å². The van der Waals surface area contributed by atoms with Crippen LogP contribution in [0.5, 0.6) is 0 Å². The maximum Gasteiger partial charge on any atom is 0.294 e. The van der Waals surface area contributed by atoms with Crippen molar-refractivity contribution in [2.24, 2.45) is 0 Å². The van der Waals surface area contributed by atoms with Gasteiger partial charge in [-0.05, 0) is 24.6 Å². The fraction of sp³-hybridized carbons (Fsp3) is 0.120. The fourth-order valence-corrected chi connectivity index (χ4v) is 3.42. The van der Waals surface area contributed by atoms with Crippen LogP contribution in [0.2, 0.25) is 0 Å². The third kappa shape index (κ3) is 10.5. The summed E-state index contributed by atoms with van der Waals surface area (Å²) in [7, 11) is -4.02. The molecule has 0 fully saturated rings. The van der Waals surface area contributed by atoms with Gasteiger partial charge in [0.2, 0.25) is 3.79 Å². The number of aliphatic hydroxyl groups is 1. The summed E-state index contributed by atoms with van der Waals surface area (Å²) in [5.74, 6) is -0.140. The van der Waals surface area contributed by atoms with Gasteiger partial charge < -0.3 is 5.11 Å². The lowest BCUT2D eigenvalue weighted by Gasteiger charge is -2.09. The summed E-state index contributed by atoms with van der Waals surface area (Å²) in [6.07, 6.45) is 1.46. The Balaban J connectivity index is 0.000000203. The second-order valence-corrected chi connectivity index (χ2v) is 11.0. The van der Waals surface area contributed by atoms with E-state index in [1.807, 2.05) is 19.1 Å². The van der Waals surface area contributed by atoms with Crippen LogP contribution in [-0.2, 0) is 13.9 Å². The van der Waals surface area contributed by atoms with Gasteiger partial charge in [0.1, 0.15) is 18.8 Å². The molecule has 4 aromatic rings. The van der Waals surface area contributed by atoms with Crippen molar-refractivity contribution in [3.63, 3.8) is 0 Å². The lowest BCUT2D eigenvalue weighted by Crippen LogP contribution is -2.11. The number of nitrogens with zero attached hydrogens (tertiary/aromatic N) is 3. The van der Waals surface area contributed by atoms with Crippen molar-refractivity contribution in [3.05, 3.63) is 120 Å². The number of alkyl halides is 3. The van der Waals surface area contributed by atoms with E-state index in [2.05, 4.69) is 15.0 Å². The largest absolute Gasteiger partial charge is 0.380 e. The van der Waals surface area contributed by atoms with Gasteiger partial charge in [-0.2, -0.15) is 8.42 Å². The Kier molecular flexibility index (Phi) is 11.6. The van der Waals surface area contributed by atoms with E-state index < -0.39 is 20.0 Å². The van der Waals surface area contributed by atoms with Crippen molar-refractivity contribution < 1.29 is 22.9 Å². The number of halogens is 3. The van der Waals surface area contributed by atoms with Crippen LogP contribution in [-0.4, -0.2) is 38.8 Å². The van der Waals surface area contributed by atoms with Crippen LogP contribution < -0.4 is 0 Å². The highest BCUT2D eigenvalue weighted by Gasteiger charge is 2.25. The molecule has 12 heteroatoms. The number of carbonyl (C=O) groups excluding carboxylic acids is 1. The highest BCUT2D eigenvalue weighted by atomic mass is 35.6. The lowest BCUT2D eigenvalue weighted by molar-refractivity contribution is 0.0747. The molecule has 2 N–H and O–H groups in total. The number of aryl methyl sites for hydroxylation is 1. The Morgan fingerprint density at radius 1 is 0.838 bits per heavy atom. The van der Waals surface area contributed by atoms with Crippen LogP contribution in [0, 0.1) is 6.92 Å². The molecular weight excluding hydrogens is 561 g/mol. The second-order valence-electron chi connectivity index (χ2n) is 7.29. The summed E-state index contributed by atoms with van der Waals surface area (Å²) in [5.41, 5.74) is 2.10. The maximum atomic E-state index is 11.9. The number of aliphatic hydroxyl groups excluding tert-OH is 1. The predicted octanol–water partition coefficient (Wildman–Crippen LogP) is 5.54. The SMILES string of the molecule is Cc1ccc(S(=O)(=O)O)cc1.ClC(Cl)(Cl)c1ncncn1.O=C(c1ccccc1)C(O)c1ccccc1. The summed E-state index contributed by atoms with van der Waals surface area (Å²) in [6.45, 7) is 1.84. The van der Waals surface area contributed by atoms with Gasteiger partial charge in [0.25, 0.3) is 10.1 Å². The third-order valence-corrected chi connectivity index (χ3v) is 5.86. The molecular formula is C25H22Cl3N3O5S. The minimum Gasteiger partial charge on any atom is -0.380 e. The number of hydrogen-bond donors (Lipinski definition) is 2. The molecule has 3 aromatic carbocycles. The van der Waals surface area contributed by atoms with E-state index in [9.17, 15) is 18.3 Å². The average Bonchev–Trinajstić information content (AvgIpc) is 2.89. The molecule has 0 aliphatic carbocycles. The standard InChI is InChI=1S/C14H12O2.C7H8O3S.C4H2Cl3N3/c15-13(11-7-3-1-4-8-11)14(16)12-9-5-2-6-10-12;1-6-2-4-7(5-3-6)11(8,9)10;5-4(6,7)3-9-1-8-2-10-3/h1-10,13,15H;2-5H,1H3,(H,8,9,10);1-2H. The normalized spacial score (nSPS) is 11.7. The summed E-state index contributed by atoms with van der Waals surface area (Å²) in [4.78, 5) is 22.7. The van der Waals surface area contributed by atoms with Crippen molar-refractivity contribution in [3.8, 4) is 0 Å². The maximum absolute atomic E-state index is 11.9. The number of aromatic nitrogens is 3. The second kappa shape index (κ2) is 14.1. The quantitative estimate of drug-likeness (QED) is 0.182. The zero-order chi connectivity index (χ0) is 27.5. The van der Waals surface area contributed by atoms with E-state index >= 15 is 0 Å². The Morgan fingerprint density at radius 2 is 1.32 bits per heavy atom. The molecule has 0 saturated heterocycles. The lowest BCUT2D eigenvalue weighted by atomic mass is 10.0. The number of hydrogen-bond acceptors (Lipinski definition) is 7. The highest BCUT2D eigenvalue weighted by molar-refractivity contribution is 7.85. The molecule has 0 amide bonds. The number of Topliss-reactive ketones (excluding diaryl/α,β-unsaturated/α-hetero) is 1. The van der Waals surface area contributed by atoms with Crippen LogP contribution in [0.25, 0.3) is 0 Å². The van der Waals surface area contributed by atoms with E-state index in [0.29, 0.717) is 11.1 Å². The molecule has 0 aliphatic heterocycles. The Hall–Kier alpha value is -2.92. The zero-order valence-electron chi connectivity index (χ0n) is 19.3. The van der Waals surface area contributed by atoms with Crippen molar-refractivity contribution in [1.82, 2.24) is 15.0 Å². The fourth-order valence-electron chi connectivity index (χ4n) is 2.64. The topological polar surface area (TPSA) is 130 Å². The van der Waals surface area contributed by atoms with Gasteiger partial charge in [0.05, 0.1) is 4.90 Å². The minimum atomic E-state index is -4.02. The Morgan fingerprint density at radius 3 is 1.76 bits per heavy atom. The molecule has 4 rings (SSSR count). The zero-order valence-corrected chi connectivity index (χ0v) is 22.4. The number of carbonyl (C=O) groups is 1. The van der Waals surface area contributed by atoms with Gasteiger partial charge in [-0.1, -0.05) is 113 Å². The van der Waals surface area contributed by atoms with E-state index in [0.717, 1.165) is 5.56 Å². The van der Waals surface area contributed by atoms with Crippen molar-refractivity contribution >= 4 is 50.7 Å². The minimum absolute atomic E-state index is 0.0666. The van der Waals surface area contributed by atoms with E-state index in [1.165, 1.54) is 24.8 Å². The van der Waals surface area contributed by atoms with Gasteiger partial charge in [-0.25, -0.2) is 15.0 Å². The van der Waals surface area contributed by atoms with Gasteiger partial charge in [-0.3, -0.25) is 9.35 Å². The van der Waals surface area contributed by atoms with Gasteiger partial charge >= 0.3 is 0 Å². The molecule has 0 bridgehead atoms. The Labute approximate surface area is 229 Å². The van der Waals surface area contributed by atoms with Gasteiger partial charge in [0.15, 0.2) is 11.6 Å². The summed E-state index contributed by atoms with van der Waals surface area (Å²) >= 11 is 16.3. The molecule has 37 heavy (non-hydrogen) atoms. The van der Waals surface area contributed by atoms with E-state index in [1.54, 1.807) is 60.7 Å². The van der Waals surface area contributed by atoms with Crippen molar-refractivity contribution in [2.75, 3.05) is 0 Å². The van der Waals surface area contributed by atoms with Crippen LogP contribution in [0.1, 0.15) is 33.4 Å². The molecule has 0 aliphatic rings. The first kappa shape index (κ1) is 30.3. The number of benzene rings is 3.